The van der Waals surface area contributed by atoms with Crippen LogP contribution in [0.25, 0.3) is 0 Å². The van der Waals surface area contributed by atoms with Crippen LogP contribution in [-0.4, -0.2) is 59.9 Å². The Morgan fingerprint density at radius 1 is 0.500 bits per heavy atom. The van der Waals surface area contributed by atoms with Crippen molar-refractivity contribution in [2.24, 2.45) is 11.5 Å². The highest BCUT2D eigenvalue weighted by Crippen LogP contribution is 1.62. The largest absolute Gasteiger partial charge is 0.396 e. The van der Waals surface area contributed by atoms with Gasteiger partial charge in [0.2, 0.25) is 0 Å². The molecule has 0 aliphatic heterocycles. The van der Waals surface area contributed by atoms with Crippen LogP contribution in [0.2, 0.25) is 0 Å². The molecule has 0 bridgehead atoms. The highest BCUT2D eigenvalue weighted by molar-refractivity contribution is 4.26. The minimum absolute atomic E-state index is 0.319. The van der Waals surface area contributed by atoms with Crippen molar-refractivity contribution in [1.29, 1.82) is 0 Å². The average molecular weight is 300 g/mol. The first-order chi connectivity index (χ1) is 9.57. The molecule has 0 aromatic heterocycles. The highest BCUT2D eigenvalue weighted by atomic mass is 16.3. The zero-order chi connectivity index (χ0) is 17.1. The molecule has 0 aliphatic rings. The first-order valence-electron chi connectivity index (χ1n) is 7.41. The number of aliphatic hydroxyl groups is 4. The van der Waals surface area contributed by atoms with Gasteiger partial charge in [-0.05, 0) is 25.7 Å². The van der Waals surface area contributed by atoms with Gasteiger partial charge in [0.25, 0.3) is 0 Å². The van der Waals surface area contributed by atoms with Crippen molar-refractivity contribution in [2.45, 2.75) is 53.4 Å². The number of nitrogens with two attached hydrogens (primary N) is 2. The van der Waals surface area contributed by atoms with Gasteiger partial charge in [-0.2, -0.15) is 0 Å². The summed E-state index contributed by atoms with van der Waals surface area (Å²) in [6, 6.07) is 0. The number of hydrogen-bond acceptors (Lipinski definition) is 6. The third kappa shape index (κ3) is 220. The Labute approximate surface area is 125 Å². The Balaban J connectivity index is -0.0000000469. The van der Waals surface area contributed by atoms with Crippen LogP contribution in [0.1, 0.15) is 53.4 Å². The van der Waals surface area contributed by atoms with E-state index in [1.54, 1.807) is 0 Å². The second-order valence-corrected chi connectivity index (χ2v) is 3.47. The maximum atomic E-state index is 7.88. The lowest BCUT2D eigenvalue weighted by atomic mass is 10.5. The summed E-state index contributed by atoms with van der Waals surface area (Å²) in [5.74, 6) is 0. The van der Waals surface area contributed by atoms with Crippen molar-refractivity contribution < 1.29 is 20.4 Å². The average Bonchev–Trinajstić information content (AvgIpc) is 2.55. The van der Waals surface area contributed by atoms with E-state index in [1.807, 2.05) is 27.7 Å². The van der Waals surface area contributed by atoms with E-state index < -0.39 is 0 Å². The summed E-state index contributed by atoms with van der Waals surface area (Å²) in [5, 5.41) is 31.5. The van der Waals surface area contributed by atoms with Gasteiger partial charge in [-0.15, -0.1) is 0 Å². The predicted octanol–water partition coefficient (Wildman–Crippen LogP) is 0.459. The molecule has 0 aliphatic carbocycles. The molecule has 8 N–H and O–H groups in total. The summed E-state index contributed by atoms with van der Waals surface area (Å²) in [4.78, 5) is 0. The van der Waals surface area contributed by atoms with E-state index in [4.69, 9.17) is 31.9 Å². The first-order valence-corrected chi connectivity index (χ1v) is 7.41. The lowest BCUT2D eigenvalue weighted by Crippen LogP contribution is -2.11. The maximum absolute atomic E-state index is 7.88. The van der Waals surface area contributed by atoms with Crippen molar-refractivity contribution in [3.63, 3.8) is 0 Å². The molecule has 0 saturated heterocycles. The van der Waals surface area contributed by atoms with Crippen molar-refractivity contribution in [3.8, 4) is 0 Å². The Bertz CT molecular complexity index is 56.4. The fraction of sp³-hybridized carbons (Fsp3) is 1.00. The molecule has 20 heavy (non-hydrogen) atoms. The smallest absolute Gasteiger partial charge is 0.0428 e. The van der Waals surface area contributed by atoms with Gasteiger partial charge in [0.15, 0.2) is 0 Å². The van der Waals surface area contributed by atoms with Crippen LogP contribution in [0.4, 0.5) is 0 Å². The summed E-state index contributed by atoms with van der Waals surface area (Å²) in [7, 11) is 0. The molecule has 130 valence electrons. The molecule has 6 heteroatoms. The van der Waals surface area contributed by atoms with Crippen LogP contribution >= 0.6 is 0 Å². The van der Waals surface area contributed by atoms with Gasteiger partial charge in [-0.1, -0.05) is 27.7 Å². The summed E-state index contributed by atoms with van der Waals surface area (Å²) in [5.41, 5.74) is 9.81. The Morgan fingerprint density at radius 2 is 0.600 bits per heavy atom. The predicted molar refractivity (Wildman–Crippen MR) is 87.6 cm³/mol. The molecule has 0 radical (unpaired) electrons. The van der Waals surface area contributed by atoms with Crippen LogP contribution in [0.5, 0.6) is 0 Å². The summed E-state index contributed by atoms with van der Waals surface area (Å²) < 4.78 is 0. The van der Waals surface area contributed by atoms with E-state index >= 15 is 0 Å². The molecule has 6 nitrogen and oxygen atoms in total. The summed E-state index contributed by atoms with van der Waals surface area (Å²) >= 11 is 0. The van der Waals surface area contributed by atoms with Crippen LogP contribution < -0.4 is 11.5 Å². The summed E-state index contributed by atoms with van der Waals surface area (Å²) in [6.45, 7) is 10.2. The maximum Gasteiger partial charge on any atom is 0.0428 e. The SMILES string of the molecule is CCCO.CCCO.CCCO.CCCO.NCCN. The van der Waals surface area contributed by atoms with Gasteiger partial charge in [0, 0.05) is 39.5 Å². The van der Waals surface area contributed by atoms with Crippen LogP contribution in [0, 0.1) is 0 Å². The highest BCUT2D eigenvalue weighted by Gasteiger charge is 1.58. The van der Waals surface area contributed by atoms with Gasteiger partial charge in [0.05, 0.1) is 0 Å². The van der Waals surface area contributed by atoms with E-state index in [-0.39, 0.29) is 0 Å². The Hall–Kier alpha value is -0.240. The number of rotatable bonds is 5. The molecule has 0 aromatic carbocycles. The molecular weight excluding hydrogens is 260 g/mol. The second-order valence-electron chi connectivity index (χ2n) is 3.47. The number of aliphatic hydroxyl groups excluding tert-OH is 4. The van der Waals surface area contributed by atoms with E-state index in [0.29, 0.717) is 39.5 Å². The van der Waals surface area contributed by atoms with Crippen molar-refractivity contribution in [3.05, 3.63) is 0 Å². The van der Waals surface area contributed by atoms with Gasteiger partial charge in [0.1, 0.15) is 0 Å². The minimum atomic E-state index is 0.319. The normalized spacial score (nSPS) is 7.50. The fourth-order valence-electron chi connectivity index (χ4n) is 0. The first kappa shape index (κ1) is 31.9. The van der Waals surface area contributed by atoms with E-state index in [9.17, 15) is 0 Å². The van der Waals surface area contributed by atoms with Crippen molar-refractivity contribution >= 4 is 0 Å². The van der Waals surface area contributed by atoms with Crippen LogP contribution in [-0.2, 0) is 0 Å². The third-order valence-electron chi connectivity index (χ3n) is 1.06. The second kappa shape index (κ2) is 62.1. The zero-order valence-electron chi connectivity index (χ0n) is 14.0. The number of hydrogen-bond donors (Lipinski definition) is 6. The van der Waals surface area contributed by atoms with E-state index in [2.05, 4.69) is 0 Å². The molecule has 0 atom stereocenters. The fourth-order valence-corrected chi connectivity index (χ4v) is 0. The van der Waals surface area contributed by atoms with Crippen molar-refractivity contribution in [2.75, 3.05) is 39.5 Å². The molecule has 0 fully saturated rings. The van der Waals surface area contributed by atoms with E-state index in [1.165, 1.54) is 0 Å². The quantitative estimate of drug-likeness (QED) is 0.437. The molecule has 0 aromatic rings. The Morgan fingerprint density at radius 3 is 0.600 bits per heavy atom. The molecule has 0 spiro atoms. The Kier molecular flexibility index (Phi) is 99.1. The van der Waals surface area contributed by atoms with Crippen LogP contribution in [0.3, 0.4) is 0 Å². The van der Waals surface area contributed by atoms with Gasteiger partial charge in [-0.3, -0.25) is 0 Å². The monoisotopic (exact) mass is 300 g/mol. The van der Waals surface area contributed by atoms with Crippen LogP contribution in [0.15, 0.2) is 0 Å². The van der Waals surface area contributed by atoms with Crippen molar-refractivity contribution in [1.82, 2.24) is 0 Å². The molecule has 0 saturated carbocycles. The lowest BCUT2D eigenvalue weighted by molar-refractivity contribution is 0.294. The van der Waals surface area contributed by atoms with Gasteiger partial charge in [-0.25, -0.2) is 0 Å². The molecule has 0 unspecified atom stereocenters. The standard InChI is InChI=1S/4C3H8O.C2H8N2/c4*1-2-3-4;3-1-2-4/h4*4H,2-3H2,1H3;1-4H2. The molecule has 0 amide bonds. The lowest BCUT2D eigenvalue weighted by Gasteiger charge is -1.72. The zero-order valence-corrected chi connectivity index (χ0v) is 14.0. The van der Waals surface area contributed by atoms with E-state index in [0.717, 1.165) is 25.7 Å². The topological polar surface area (TPSA) is 133 Å². The van der Waals surface area contributed by atoms with Gasteiger partial charge >= 0.3 is 0 Å². The molecule has 0 heterocycles. The minimum Gasteiger partial charge on any atom is -0.396 e. The third-order valence-corrected chi connectivity index (χ3v) is 1.06. The van der Waals surface area contributed by atoms with Gasteiger partial charge < -0.3 is 31.9 Å². The molecule has 0 rings (SSSR count). The molecular formula is C14H40N2O4. The summed E-state index contributed by atoms with van der Waals surface area (Å²) in [6.07, 6.45) is 3.50.